The third-order valence-electron chi connectivity index (χ3n) is 3.26. The van der Waals surface area contributed by atoms with E-state index in [0.717, 1.165) is 25.9 Å². The third-order valence-corrected chi connectivity index (χ3v) is 3.92. The van der Waals surface area contributed by atoms with Crippen molar-refractivity contribution in [3.05, 3.63) is 34.1 Å². The monoisotopic (exact) mass is 342 g/mol. The van der Waals surface area contributed by atoms with E-state index < -0.39 is 5.82 Å². The molecule has 1 aromatic carbocycles. The van der Waals surface area contributed by atoms with Gasteiger partial charge < -0.3 is 10.2 Å². The second-order valence-electron chi connectivity index (χ2n) is 4.72. The van der Waals surface area contributed by atoms with Crippen molar-refractivity contribution in [3.8, 4) is 0 Å². The first-order valence-electron chi connectivity index (χ1n) is 6.59. The zero-order valence-corrected chi connectivity index (χ0v) is 12.6. The number of nitrogens with zero attached hydrogens (tertiary/aromatic N) is 1. The summed E-state index contributed by atoms with van der Waals surface area (Å²) >= 11 is 3.15. The molecule has 2 amide bonds. The molecule has 1 N–H and O–H groups in total. The van der Waals surface area contributed by atoms with Crippen LogP contribution in [0.5, 0.6) is 0 Å². The molecule has 0 aromatic heterocycles. The predicted octanol–water partition coefficient (Wildman–Crippen LogP) is 2.33. The van der Waals surface area contributed by atoms with Crippen LogP contribution < -0.4 is 5.32 Å². The lowest BCUT2D eigenvalue weighted by Gasteiger charge is -2.15. The molecule has 0 aliphatic carbocycles. The smallest absolute Gasteiger partial charge is 0.252 e. The summed E-state index contributed by atoms with van der Waals surface area (Å²) in [7, 11) is 0. The first-order valence-corrected chi connectivity index (χ1v) is 7.38. The summed E-state index contributed by atoms with van der Waals surface area (Å²) in [6.45, 7) is 1.92. The maximum absolute atomic E-state index is 12.9. The summed E-state index contributed by atoms with van der Waals surface area (Å²) in [6, 6.07) is 3.89. The molecule has 1 saturated heterocycles. The SMILES string of the molecule is O=C(NCCC(=O)N1CCCC1)c1ccc(F)cc1Br. The Morgan fingerprint density at radius 2 is 2.00 bits per heavy atom. The van der Waals surface area contributed by atoms with Crippen molar-refractivity contribution >= 4 is 27.7 Å². The average Bonchev–Trinajstić information content (AvgIpc) is 2.92. The minimum Gasteiger partial charge on any atom is -0.351 e. The number of likely N-dealkylation sites (tertiary alicyclic amines) is 1. The molecule has 4 nitrogen and oxygen atoms in total. The maximum atomic E-state index is 12.9. The van der Waals surface area contributed by atoms with Gasteiger partial charge in [-0.05, 0) is 47.0 Å². The molecule has 0 radical (unpaired) electrons. The van der Waals surface area contributed by atoms with Gasteiger partial charge in [-0.2, -0.15) is 0 Å². The molecule has 20 heavy (non-hydrogen) atoms. The summed E-state index contributed by atoms with van der Waals surface area (Å²) in [5, 5.41) is 2.67. The fourth-order valence-electron chi connectivity index (χ4n) is 2.18. The van der Waals surface area contributed by atoms with Crippen molar-refractivity contribution in [2.45, 2.75) is 19.3 Å². The number of hydrogen-bond donors (Lipinski definition) is 1. The summed E-state index contributed by atoms with van der Waals surface area (Å²) in [5.74, 6) is -0.648. The van der Waals surface area contributed by atoms with Crippen LogP contribution in [-0.2, 0) is 4.79 Å². The lowest BCUT2D eigenvalue weighted by atomic mass is 10.2. The van der Waals surface area contributed by atoms with E-state index in [0.29, 0.717) is 16.5 Å². The highest BCUT2D eigenvalue weighted by Gasteiger charge is 2.18. The number of carbonyl (C=O) groups excluding carboxylic acids is 2. The number of amides is 2. The van der Waals surface area contributed by atoms with E-state index in [4.69, 9.17) is 0 Å². The van der Waals surface area contributed by atoms with Crippen LogP contribution in [0.25, 0.3) is 0 Å². The van der Waals surface area contributed by atoms with Crippen molar-refractivity contribution in [3.63, 3.8) is 0 Å². The van der Waals surface area contributed by atoms with E-state index in [9.17, 15) is 14.0 Å². The standard InChI is InChI=1S/C14H16BrFN2O2/c15-12-9-10(16)3-4-11(12)14(20)17-6-5-13(19)18-7-1-2-8-18/h3-4,9H,1-2,5-8H2,(H,17,20). The number of benzene rings is 1. The summed E-state index contributed by atoms with van der Waals surface area (Å²) in [4.78, 5) is 25.5. The molecule has 6 heteroatoms. The van der Waals surface area contributed by atoms with Crippen molar-refractivity contribution in [1.82, 2.24) is 10.2 Å². The van der Waals surface area contributed by atoms with E-state index in [1.807, 2.05) is 4.90 Å². The highest BCUT2D eigenvalue weighted by atomic mass is 79.9. The zero-order valence-electron chi connectivity index (χ0n) is 11.0. The largest absolute Gasteiger partial charge is 0.351 e. The first kappa shape index (κ1) is 15.0. The molecule has 0 unspecified atom stereocenters. The highest BCUT2D eigenvalue weighted by molar-refractivity contribution is 9.10. The quantitative estimate of drug-likeness (QED) is 0.912. The number of hydrogen-bond acceptors (Lipinski definition) is 2. The zero-order chi connectivity index (χ0) is 14.5. The minimum atomic E-state index is -0.405. The average molecular weight is 343 g/mol. The molecule has 0 atom stereocenters. The second kappa shape index (κ2) is 6.83. The Labute approximate surface area is 125 Å². The Morgan fingerprint density at radius 1 is 1.30 bits per heavy atom. The van der Waals surface area contributed by atoms with Crippen LogP contribution in [-0.4, -0.2) is 36.3 Å². The predicted molar refractivity (Wildman–Crippen MR) is 76.9 cm³/mol. The van der Waals surface area contributed by atoms with Gasteiger partial charge >= 0.3 is 0 Å². The normalized spacial score (nSPS) is 14.4. The van der Waals surface area contributed by atoms with Crippen LogP contribution in [0.1, 0.15) is 29.6 Å². The van der Waals surface area contributed by atoms with Crippen LogP contribution in [0.3, 0.4) is 0 Å². The summed E-state index contributed by atoms with van der Waals surface area (Å²) in [6.07, 6.45) is 2.41. The number of carbonyl (C=O) groups is 2. The highest BCUT2D eigenvalue weighted by Crippen LogP contribution is 2.17. The molecular weight excluding hydrogens is 327 g/mol. The van der Waals surface area contributed by atoms with E-state index >= 15 is 0 Å². The van der Waals surface area contributed by atoms with E-state index in [-0.39, 0.29) is 18.4 Å². The number of nitrogens with one attached hydrogen (secondary N) is 1. The molecule has 108 valence electrons. The molecule has 1 heterocycles. The van der Waals surface area contributed by atoms with Crippen LogP contribution in [0.4, 0.5) is 4.39 Å². The van der Waals surface area contributed by atoms with Crippen molar-refractivity contribution in [2.24, 2.45) is 0 Å². The molecule has 0 spiro atoms. The van der Waals surface area contributed by atoms with Gasteiger partial charge in [0, 0.05) is 30.5 Å². The van der Waals surface area contributed by atoms with E-state index in [2.05, 4.69) is 21.2 Å². The van der Waals surface area contributed by atoms with Crippen molar-refractivity contribution in [1.29, 1.82) is 0 Å². The van der Waals surface area contributed by atoms with Gasteiger partial charge in [0.1, 0.15) is 5.82 Å². The van der Waals surface area contributed by atoms with Gasteiger partial charge in [-0.25, -0.2) is 4.39 Å². The minimum absolute atomic E-state index is 0.0703. The maximum Gasteiger partial charge on any atom is 0.252 e. The summed E-state index contributed by atoms with van der Waals surface area (Å²) in [5.41, 5.74) is 0.361. The Kier molecular flexibility index (Phi) is 5.11. The molecule has 0 saturated carbocycles. The molecule has 1 aromatic rings. The third kappa shape index (κ3) is 3.79. The van der Waals surface area contributed by atoms with E-state index in [1.165, 1.54) is 18.2 Å². The van der Waals surface area contributed by atoms with Gasteiger partial charge in [0.15, 0.2) is 0 Å². The number of rotatable bonds is 4. The lowest BCUT2D eigenvalue weighted by Crippen LogP contribution is -2.32. The molecule has 1 fully saturated rings. The van der Waals surface area contributed by atoms with Crippen LogP contribution in [0.2, 0.25) is 0 Å². The molecule has 1 aliphatic rings. The fourth-order valence-corrected chi connectivity index (χ4v) is 2.71. The second-order valence-corrected chi connectivity index (χ2v) is 5.57. The van der Waals surface area contributed by atoms with Crippen LogP contribution >= 0.6 is 15.9 Å². The van der Waals surface area contributed by atoms with Gasteiger partial charge in [0.25, 0.3) is 5.91 Å². The Hall–Kier alpha value is -1.43. The number of halogens is 2. The molecule has 0 bridgehead atoms. The fraction of sp³-hybridized carbons (Fsp3) is 0.429. The van der Waals surface area contributed by atoms with E-state index in [1.54, 1.807) is 0 Å². The van der Waals surface area contributed by atoms with Crippen LogP contribution in [0.15, 0.2) is 22.7 Å². The molecule has 1 aliphatic heterocycles. The van der Waals surface area contributed by atoms with Crippen molar-refractivity contribution < 1.29 is 14.0 Å². The van der Waals surface area contributed by atoms with Gasteiger partial charge in [0.05, 0.1) is 5.56 Å². The Morgan fingerprint density at radius 3 is 2.65 bits per heavy atom. The Balaban J connectivity index is 1.81. The van der Waals surface area contributed by atoms with Gasteiger partial charge in [-0.15, -0.1) is 0 Å². The van der Waals surface area contributed by atoms with Gasteiger partial charge in [0.2, 0.25) is 5.91 Å². The summed E-state index contributed by atoms with van der Waals surface area (Å²) < 4.78 is 13.3. The van der Waals surface area contributed by atoms with Gasteiger partial charge in [-0.1, -0.05) is 0 Å². The molecular formula is C14H16BrFN2O2. The van der Waals surface area contributed by atoms with Crippen molar-refractivity contribution in [2.75, 3.05) is 19.6 Å². The Bertz CT molecular complexity index is 516. The van der Waals surface area contributed by atoms with Crippen LogP contribution in [0, 0.1) is 5.82 Å². The molecule has 2 rings (SSSR count). The topological polar surface area (TPSA) is 49.4 Å². The first-order chi connectivity index (χ1) is 9.58. The lowest BCUT2D eigenvalue weighted by molar-refractivity contribution is -0.129. The van der Waals surface area contributed by atoms with Gasteiger partial charge in [-0.3, -0.25) is 9.59 Å².